The van der Waals surface area contributed by atoms with Crippen LogP contribution in [-0.4, -0.2) is 6.04 Å². The summed E-state index contributed by atoms with van der Waals surface area (Å²) in [6.07, 6.45) is 7.86. The molecule has 1 aliphatic carbocycles. The minimum atomic E-state index is 0.316. The normalized spacial score (nSPS) is 15.9. The van der Waals surface area contributed by atoms with E-state index in [1.54, 1.807) is 0 Å². The van der Waals surface area contributed by atoms with E-state index in [4.69, 9.17) is 0 Å². The van der Waals surface area contributed by atoms with Crippen molar-refractivity contribution in [3.8, 4) is 11.1 Å². The van der Waals surface area contributed by atoms with Crippen LogP contribution in [0, 0.1) is 0 Å². The molecule has 0 saturated heterocycles. The predicted octanol–water partition coefficient (Wildman–Crippen LogP) is 7.33. The minimum absolute atomic E-state index is 0.316. The summed E-state index contributed by atoms with van der Waals surface area (Å²) in [5.74, 6) is 0. The van der Waals surface area contributed by atoms with Gasteiger partial charge in [0.15, 0.2) is 0 Å². The Morgan fingerprint density at radius 2 is 1.38 bits per heavy atom. The lowest BCUT2D eigenvalue weighted by atomic mass is 9.93. The lowest BCUT2D eigenvalue weighted by molar-refractivity contribution is 0.886. The second kappa shape index (κ2) is 7.81. The van der Waals surface area contributed by atoms with Gasteiger partial charge >= 0.3 is 0 Å². The van der Waals surface area contributed by atoms with Gasteiger partial charge in [0.1, 0.15) is 0 Å². The molecule has 0 heterocycles. The monoisotopic (exact) mass is 373 g/mol. The maximum absolute atomic E-state index is 3.64. The summed E-state index contributed by atoms with van der Waals surface area (Å²) in [7, 11) is 0. The first kappa shape index (κ1) is 17.5. The van der Waals surface area contributed by atoms with E-state index in [1.807, 2.05) is 0 Å². The van der Waals surface area contributed by atoms with Crippen LogP contribution in [0.15, 0.2) is 115 Å². The average Bonchev–Trinajstić information content (AvgIpc) is 2.80. The van der Waals surface area contributed by atoms with Crippen molar-refractivity contribution in [1.82, 2.24) is 0 Å². The topological polar surface area (TPSA) is 12.0 Å². The first-order chi connectivity index (χ1) is 14.4. The standard InChI is InChI=1S/C28H23N/c1-2-7-21(8-3-1)22-13-17-25(18-14-22)29-26-19-15-24(16-20-26)28-12-6-10-23-9-4-5-11-27(23)28/h1-19,26,29H,20H2. The van der Waals surface area contributed by atoms with Crippen LogP contribution in [0.3, 0.4) is 0 Å². The van der Waals surface area contributed by atoms with Crippen LogP contribution in [0.4, 0.5) is 5.69 Å². The first-order valence-corrected chi connectivity index (χ1v) is 10.2. The molecule has 1 atom stereocenters. The zero-order valence-corrected chi connectivity index (χ0v) is 16.3. The molecule has 1 nitrogen and oxygen atoms in total. The van der Waals surface area contributed by atoms with Crippen molar-refractivity contribution in [2.24, 2.45) is 0 Å². The zero-order chi connectivity index (χ0) is 19.5. The van der Waals surface area contributed by atoms with Crippen molar-refractivity contribution in [2.45, 2.75) is 12.5 Å². The van der Waals surface area contributed by atoms with Gasteiger partial charge in [-0.05, 0) is 51.6 Å². The molecule has 29 heavy (non-hydrogen) atoms. The van der Waals surface area contributed by atoms with Gasteiger partial charge < -0.3 is 5.32 Å². The Labute approximate surface area is 172 Å². The summed E-state index contributed by atoms with van der Waals surface area (Å²) in [5.41, 5.74) is 6.26. The summed E-state index contributed by atoms with van der Waals surface area (Å²) in [6.45, 7) is 0. The quantitative estimate of drug-likeness (QED) is 0.395. The predicted molar refractivity (Wildman–Crippen MR) is 125 cm³/mol. The third-order valence-corrected chi connectivity index (χ3v) is 5.54. The Bertz CT molecular complexity index is 1180. The summed E-state index contributed by atoms with van der Waals surface area (Å²) in [5, 5.41) is 6.24. The number of allylic oxidation sites excluding steroid dienone is 2. The van der Waals surface area contributed by atoms with Crippen molar-refractivity contribution < 1.29 is 0 Å². The minimum Gasteiger partial charge on any atom is -0.379 e. The van der Waals surface area contributed by atoms with Gasteiger partial charge in [0.05, 0.1) is 0 Å². The van der Waals surface area contributed by atoms with E-state index >= 15 is 0 Å². The van der Waals surface area contributed by atoms with Crippen molar-refractivity contribution in [3.05, 3.63) is 121 Å². The molecule has 1 N–H and O–H groups in total. The summed E-state index contributed by atoms with van der Waals surface area (Å²) in [6, 6.07) is 34.6. The number of fused-ring (bicyclic) bond motifs is 1. The van der Waals surface area contributed by atoms with Crippen LogP contribution in [0.25, 0.3) is 27.5 Å². The fourth-order valence-corrected chi connectivity index (χ4v) is 4.01. The van der Waals surface area contributed by atoms with E-state index in [1.165, 1.54) is 33.0 Å². The molecule has 1 aliphatic rings. The van der Waals surface area contributed by atoms with Crippen molar-refractivity contribution in [3.63, 3.8) is 0 Å². The summed E-state index contributed by atoms with van der Waals surface area (Å²) < 4.78 is 0. The van der Waals surface area contributed by atoms with Crippen molar-refractivity contribution in [1.29, 1.82) is 0 Å². The van der Waals surface area contributed by atoms with Gasteiger partial charge in [0.25, 0.3) is 0 Å². The Balaban J connectivity index is 1.29. The third-order valence-electron chi connectivity index (χ3n) is 5.54. The molecular weight excluding hydrogens is 350 g/mol. The third kappa shape index (κ3) is 3.72. The molecule has 4 aromatic carbocycles. The van der Waals surface area contributed by atoms with Gasteiger partial charge in [0.2, 0.25) is 0 Å². The second-order valence-electron chi connectivity index (χ2n) is 7.48. The summed E-state index contributed by atoms with van der Waals surface area (Å²) in [4.78, 5) is 0. The van der Waals surface area contributed by atoms with Gasteiger partial charge in [-0.2, -0.15) is 0 Å². The molecule has 0 amide bonds. The van der Waals surface area contributed by atoms with Gasteiger partial charge in [-0.1, -0.05) is 103 Å². The number of anilines is 1. The molecule has 1 unspecified atom stereocenters. The molecule has 1 heteroatoms. The molecule has 140 valence electrons. The SMILES string of the molecule is C1=CC(Nc2ccc(-c3ccccc3)cc2)CC=C1c1cccc2ccccc12. The zero-order valence-electron chi connectivity index (χ0n) is 16.3. The van der Waals surface area contributed by atoms with Crippen LogP contribution < -0.4 is 5.32 Å². The molecule has 0 radical (unpaired) electrons. The Morgan fingerprint density at radius 3 is 2.17 bits per heavy atom. The number of rotatable bonds is 4. The molecule has 0 spiro atoms. The number of nitrogens with one attached hydrogen (secondary N) is 1. The van der Waals surface area contributed by atoms with Crippen LogP contribution in [0.2, 0.25) is 0 Å². The van der Waals surface area contributed by atoms with E-state index in [2.05, 4.69) is 121 Å². The molecule has 0 fully saturated rings. The van der Waals surface area contributed by atoms with E-state index < -0.39 is 0 Å². The van der Waals surface area contributed by atoms with Crippen LogP contribution in [-0.2, 0) is 0 Å². The molecule has 0 bridgehead atoms. The van der Waals surface area contributed by atoms with Crippen LogP contribution in [0.5, 0.6) is 0 Å². The van der Waals surface area contributed by atoms with Gasteiger partial charge in [-0.15, -0.1) is 0 Å². The molecule has 0 aliphatic heterocycles. The fraction of sp³-hybridized carbons (Fsp3) is 0.0714. The maximum Gasteiger partial charge on any atom is 0.0482 e. The maximum atomic E-state index is 3.64. The summed E-state index contributed by atoms with van der Waals surface area (Å²) >= 11 is 0. The van der Waals surface area contributed by atoms with E-state index in [0.29, 0.717) is 6.04 Å². The largest absolute Gasteiger partial charge is 0.379 e. The fourth-order valence-electron chi connectivity index (χ4n) is 4.01. The number of benzene rings is 4. The highest BCUT2D eigenvalue weighted by atomic mass is 14.9. The van der Waals surface area contributed by atoms with Gasteiger partial charge in [-0.25, -0.2) is 0 Å². The van der Waals surface area contributed by atoms with Crippen LogP contribution >= 0.6 is 0 Å². The highest BCUT2D eigenvalue weighted by Gasteiger charge is 2.11. The van der Waals surface area contributed by atoms with Crippen LogP contribution in [0.1, 0.15) is 12.0 Å². The van der Waals surface area contributed by atoms with Crippen molar-refractivity contribution >= 4 is 22.0 Å². The molecule has 5 rings (SSSR count). The second-order valence-corrected chi connectivity index (χ2v) is 7.48. The molecule has 4 aromatic rings. The lowest BCUT2D eigenvalue weighted by Gasteiger charge is -2.20. The van der Waals surface area contributed by atoms with E-state index in [9.17, 15) is 0 Å². The Morgan fingerprint density at radius 1 is 0.655 bits per heavy atom. The molecule has 0 saturated carbocycles. The van der Waals surface area contributed by atoms with Gasteiger partial charge in [-0.3, -0.25) is 0 Å². The van der Waals surface area contributed by atoms with Crippen molar-refractivity contribution in [2.75, 3.05) is 5.32 Å². The molecule has 0 aromatic heterocycles. The highest BCUT2D eigenvalue weighted by molar-refractivity contribution is 5.96. The van der Waals surface area contributed by atoms with E-state index in [0.717, 1.165) is 12.1 Å². The first-order valence-electron chi connectivity index (χ1n) is 10.2. The molecular formula is C28H23N. The smallest absolute Gasteiger partial charge is 0.0482 e. The Kier molecular flexibility index (Phi) is 4.72. The van der Waals surface area contributed by atoms with Gasteiger partial charge in [0, 0.05) is 11.7 Å². The number of hydrogen-bond acceptors (Lipinski definition) is 1. The lowest BCUT2D eigenvalue weighted by Crippen LogP contribution is -2.17. The highest BCUT2D eigenvalue weighted by Crippen LogP contribution is 2.29. The Hall–Kier alpha value is -3.58. The average molecular weight is 373 g/mol. The number of hydrogen-bond donors (Lipinski definition) is 1. The van der Waals surface area contributed by atoms with E-state index in [-0.39, 0.29) is 0 Å².